The number of amides is 1. The minimum Gasteiger partial charge on any atom is -0.329 e. The molecule has 0 radical (unpaired) electrons. The quantitative estimate of drug-likeness (QED) is 0.464. The van der Waals surface area contributed by atoms with Gasteiger partial charge < -0.3 is 4.90 Å². The Morgan fingerprint density at radius 2 is 2.42 bits per heavy atom. The van der Waals surface area contributed by atoms with E-state index in [2.05, 4.69) is 6.92 Å². The van der Waals surface area contributed by atoms with Gasteiger partial charge in [0.15, 0.2) is 6.67 Å². The van der Waals surface area contributed by atoms with Crippen LogP contribution in [0.3, 0.4) is 0 Å². The van der Waals surface area contributed by atoms with Crippen molar-refractivity contribution in [3.63, 3.8) is 0 Å². The van der Waals surface area contributed by atoms with Gasteiger partial charge in [0.2, 0.25) is 0 Å². The summed E-state index contributed by atoms with van der Waals surface area (Å²) in [6, 6.07) is 0. The number of carbonyl (C=O) groups is 1. The molecule has 3 nitrogen and oxygen atoms in total. The number of rotatable bonds is 4. The second-order valence-corrected chi connectivity index (χ2v) is 3.48. The van der Waals surface area contributed by atoms with Crippen LogP contribution in [-0.4, -0.2) is 36.1 Å². The molecule has 1 aliphatic heterocycles. The molecule has 1 heterocycles. The average Bonchev–Trinajstić information content (AvgIpc) is 2.45. The summed E-state index contributed by atoms with van der Waals surface area (Å²) >= 11 is 0. The first-order valence-electron chi connectivity index (χ1n) is 4.45. The second-order valence-electron chi connectivity index (χ2n) is 3.48. The minimum atomic E-state index is 0.477. The number of unbranched alkanes of at least 4 members (excludes halogenated alkanes) is 1. The zero-order chi connectivity index (χ0) is 9.03. The summed E-state index contributed by atoms with van der Waals surface area (Å²) < 4.78 is 0.477. The summed E-state index contributed by atoms with van der Waals surface area (Å²) in [5, 5.41) is 0. The lowest BCUT2D eigenvalue weighted by Crippen LogP contribution is -2.43. The molecule has 1 unspecified atom stereocenters. The summed E-state index contributed by atoms with van der Waals surface area (Å²) in [6.45, 7) is 3.87. The molecule has 0 aliphatic carbocycles. The van der Waals surface area contributed by atoms with Gasteiger partial charge >= 0.3 is 6.41 Å². The zero-order valence-electron chi connectivity index (χ0n) is 7.86. The molecule has 68 valence electrons. The minimum absolute atomic E-state index is 0.477. The molecule has 3 heteroatoms. The first-order valence-corrected chi connectivity index (χ1v) is 4.45. The van der Waals surface area contributed by atoms with Crippen molar-refractivity contribution in [2.75, 3.05) is 20.3 Å². The van der Waals surface area contributed by atoms with E-state index in [-0.39, 0.29) is 0 Å². The highest BCUT2D eigenvalue weighted by atomic mass is 16.1. The van der Waals surface area contributed by atoms with Crippen molar-refractivity contribution in [3.05, 3.63) is 12.4 Å². The molecule has 0 spiro atoms. The van der Waals surface area contributed by atoms with Gasteiger partial charge in [-0.05, 0) is 6.42 Å². The van der Waals surface area contributed by atoms with Gasteiger partial charge in [-0.2, -0.15) is 0 Å². The Morgan fingerprint density at radius 3 is 2.83 bits per heavy atom. The first-order chi connectivity index (χ1) is 5.72. The van der Waals surface area contributed by atoms with Crippen LogP contribution in [0.25, 0.3) is 0 Å². The van der Waals surface area contributed by atoms with Crippen LogP contribution < -0.4 is 0 Å². The second kappa shape index (κ2) is 3.72. The molecule has 0 N–H and O–H groups in total. The van der Waals surface area contributed by atoms with Gasteiger partial charge in [-0.15, -0.1) is 0 Å². The summed E-state index contributed by atoms with van der Waals surface area (Å²) in [5.74, 6) is 0. The maximum absolute atomic E-state index is 10.9. The number of quaternary nitrogens is 1. The number of hydrogen-bond donors (Lipinski definition) is 0. The maximum atomic E-state index is 10.9. The lowest BCUT2D eigenvalue weighted by Gasteiger charge is -2.24. The van der Waals surface area contributed by atoms with Gasteiger partial charge in [-0.1, -0.05) is 13.3 Å². The van der Waals surface area contributed by atoms with Crippen molar-refractivity contribution in [2.24, 2.45) is 0 Å². The van der Waals surface area contributed by atoms with E-state index in [0.717, 1.165) is 32.5 Å². The van der Waals surface area contributed by atoms with Gasteiger partial charge in [-0.3, -0.25) is 0 Å². The van der Waals surface area contributed by atoms with E-state index >= 15 is 0 Å². The molecule has 0 saturated heterocycles. The first kappa shape index (κ1) is 9.26. The van der Waals surface area contributed by atoms with Crippen LogP contribution in [0.15, 0.2) is 12.4 Å². The Balaban J connectivity index is 2.53. The lowest BCUT2D eigenvalue weighted by molar-refractivity contribution is -0.796. The third-order valence-corrected chi connectivity index (χ3v) is 2.24. The number of nitrogens with zero attached hydrogens (tertiary/aromatic N) is 2. The zero-order valence-corrected chi connectivity index (χ0v) is 7.86. The summed E-state index contributed by atoms with van der Waals surface area (Å²) in [4.78, 5) is 12.9. The Morgan fingerprint density at radius 1 is 1.67 bits per heavy atom. The SMILES string of the molecule is CCCC[N+]1(C=O)C=CN(C)C1. The molecule has 1 rings (SSSR count). The van der Waals surface area contributed by atoms with E-state index in [0.29, 0.717) is 4.48 Å². The number of hydrogen-bond acceptors (Lipinski definition) is 2. The molecule has 0 aromatic heterocycles. The van der Waals surface area contributed by atoms with Crippen molar-refractivity contribution in [1.29, 1.82) is 0 Å². The van der Waals surface area contributed by atoms with E-state index < -0.39 is 0 Å². The molecule has 1 aliphatic rings. The topological polar surface area (TPSA) is 20.3 Å². The molecule has 0 bridgehead atoms. The van der Waals surface area contributed by atoms with Gasteiger partial charge in [0.1, 0.15) is 6.20 Å². The Kier molecular flexibility index (Phi) is 2.87. The predicted molar refractivity (Wildman–Crippen MR) is 47.9 cm³/mol. The monoisotopic (exact) mass is 169 g/mol. The smallest absolute Gasteiger partial charge is 0.307 e. The van der Waals surface area contributed by atoms with Gasteiger partial charge in [-0.25, -0.2) is 9.28 Å². The van der Waals surface area contributed by atoms with E-state index in [1.807, 2.05) is 24.3 Å². The van der Waals surface area contributed by atoms with Gasteiger partial charge in [0.25, 0.3) is 0 Å². The van der Waals surface area contributed by atoms with E-state index in [1.165, 1.54) is 0 Å². The fraction of sp³-hybridized carbons (Fsp3) is 0.667. The molecule has 1 amide bonds. The molecule has 12 heavy (non-hydrogen) atoms. The summed E-state index contributed by atoms with van der Waals surface area (Å²) in [7, 11) is 1.99. The van der Waals surface area contributed by atoms with Crippen LogP contribution in [-0.2, 0) is 4.79 Å². The van der Waals surface area contributed by atoms with Crippen molar-refractivity contribution >= 4 is 6.41 Å². The van der Waals surface area contributed by atoms with Crippen LogP contribution in [0, 0.1) is 0 Å². The van der Waals surface area contributed by atoms with Crippen molar-refractivity contribution < 1.29 is 9.28 Å². The molecule has 0 fully saturated rings. The third-order valence-electron chi connectivity index (χ3n) is 2.24. The largest absolute Gasteiger partial charge is 0.329 e. The van der Waals surface area contributed by atoms with Crippen LogP contribution >= 0.6 is 0 Å². The van der Waals surface area contributed by atoms with Crippen LogP contribution in [0.4, 0.5) is 0 Å². The van der Waals surface area contributed by atoms with Crippen molar-refractivity contribution in [3.8, 4) is 0 Å². The summed E-state index contributed by atoms with van der Waals surface area (Å²) in [6.07, 6.45) is 7.24. The highest BCUT2D eigenvalue weighted by molar-refractivity contribution is 5.39. The Bertz CT molecular complexity index is 191. The average molecular weight is 169 g/mol. The molecule has 0 saturated carbocycles. The normalized spacial score (nSPS) is 28.0. The molecule has 1 atom stereocenters. The maximum Gasteiger partial charge on any atom is 0.307 e. The van der Waals surface area contributed by atoms with Crippen molar-refractivity contribution in [2.45, 2.75) is 19.8 Å². The van der Waals surface area contributed by atoms with E-state index in [1.54, 1.807) is 0 Å². The summed E-state index contributed by atoms with van der Waals surface area (Å²) in [5.41, 5.74) is 0. The fourth-order valence-electron chi connectivity index (χ4n) is 1.48. The van der Waals surface area contributed by atoms with Gasteiger partial charge in [0, 0.05) is 7.05 Å². The van der Waals surface area contributed by atoms with E-state index in [9.17, 15) is 4.79 Å². The molecular weight excluding hydrogens is 152 g/mol. The lowest BCUT2D eigenvalue weighted by atomic mass is 10.3. The van der Waals surface area contributed by atoms with Crippen LogP contribution in [0.1, 0.15) is 19.8 Å². The molecule has 0 aromatic carbocycles. The highest BCUT2D eigenvalue weighted by Crippen LogP contribution is 2.15. The number of carbonyl (C=O) groups excluding carboxylic acids is 1. The van der Waals surface area contributed by atoms with Crippen molar-refractivity contribution in [1.82, 2.24) is 4.90 Å². The van der Waals surface area contributed by atoms with E-state index in [4.69, 9.17) is 0 Å². The van der Waals surface area contributed by atoms with Crippen LogP contribution in [0.5, 0.6) is 0 Å². The van der Waals surface area contributed by atoms with Crippen LogP contribution in [0.2, 0.25) is 0 Å². The third kappa shape index (κ3) is 1.85. The standard InChI is InChI=1S/C9H17N2O/c1-3-4-6-11(9-12)7-5-10(2)8-11/h5,7,9H,3-4,6,8H2,1-2H3/q+1. The Labute approximate surface area is 73.9 Å². The molecular formula is C9H17N2O+. The molecule has 0 aromatic rings. The van der Waals surface area contributed by atoms with Gasteiger partial charge in [0.05, 0.1) is 12.7 Å². The predicted octanol–water partition coefficient (Wildman–Crippen LogP) is 1.13. The fourth-order valence-corrected chi connectivity index (χ4v) is 1.48. The highest BCUT2D eigenvalue weighted by Gasteiger charge is 2.29. The Hall–Kier alpha value is -0.830.